The van der Waals surface area contributed by atoms with E-state index in [1.807, 2.05) is 6.92 Å². The van der Waals surface area contributed by atoms with Gasteiger partial charge in [-0.15, -0.1) is 0 Å². The topological polar surface area (TPSA) is 76.1 Å². The number of cyclic esters (lactones) is 1. The summed E-state index contributed by atoms with van der Waals surface area (Å²) in [5.41, 5.74) is -0.782. The van der Waals surface area contributed by atoms with E-state index in [0.717, 1.165) is 45.1 Å². The number of fused-ring (bicyclic) bond motifs is 2. The summed E-state index contributed by atoms with van der Waals surface area (Å²) in [4.78, 5) is 26.3. The van der Waals surface area contributed by atoms with Crippen LogP contribution in [0.25, 0.3) is 0 Å². The number of aliphatic hydroxyl groups excluding tert-OH is 1. The molecule has 0 aliphatic carbocycles. The van der Waals surface area contributed by atoms with Gasteiger partial charge >= 0.3 is 11.9 Å². The van der Waals surface area contributed by atoms with Gasteiger partial charge in [0.1, 0.15) is 12.2 Å². The van der Waals surface area contributed by atoms with Crippen LogP contribution >= 0.6 is 0 Å². The van der Waals surface area contributed by atoms with Crippen molar-refractivity contribution in [2.45, 2.75) is 82.3 Å². The van der Waals surface area contributed by atoms with Crippen LogP contribution in [0.15, 0.2) is 0 Å². The van der Waals surface area contributed by atoms with Gasteiger partial charge in [0.25, 0.3) is 0 Å². The van der Waals surface area contributed by atoms with E-state index in [1.165, 1.54) is 0 Å². The van der Waals surface area contributed by atoms with Crippen LogP contribution in [0.4, 0.5) is 0 Å². The second-order valence-corrected chi connectivity index (χ2v) is 8.08. The van der Waals surface area contributed by atoms with Crippen molar-refractivity contribution in [1.29, 1.82) is 0 Å². The summed E-state index contributed by atoms with van der Waals surface area (Å²) in [5.74, 6) is -0.888. The number of carbonyl (C=O) groups is 2. The smallest absolute Gasteiger partial charge is 0.312 e. The van der Waals surface area contributed by atoms with E-state index in [9.17, 15) is 14.7 Å². The zero-order valence-corrected chi connectivity index (χ0v) is 14.4. The van der Waals surface area contributed by atoms with Crippen molar-refractivity contribution < 1.29 is 24.2 Å². The minimum Gasteiger partial charge on any atom is -0.460 e. The lowest BCUT2D eigenvalue weighted by molar-refractivity contribution is -0.160. The highest BCUT2D eigenvalue weighted by molar-refractivity contribution is 5.76. The summed E-state index contributed by atoms with van der Waals surface area (Å²) < 4.78 is 11.4. The highest BCUT2D eigenvalue weighted by Crippen LogP contribution is 2.48. The molecule has 6 heteroatoms. The van der Waals surface area contributed by atoms with Gasteiger partial charge in [-0.25, -0.2) is 0 Å². The van der Waals surface area contributed by atoms with Gasteiger partial charge < -0.3 is 14.6 Å². The SMILES string of the molecule is C[C@H]1CC([C@@H]2CCC3N2CCCC[C@@]32OC(=O)[C@H](C)C2O)OC1=O. The average Bonchev–Trinajstić information content (AvgIpc) is 3.13. The standard InChI is InChI=1S/C18H27NO5/c1-10-9-13(23-16(10)21)12-5-6-14-18(7-3-4-8-19(12)14)15(20)11(2)17(22)24-18/h10-15,20H,3-9H2,1-2H3/t10-,11+,12-,13?,14?,15?,18+/m0/s1. The Morgan fingerprint density at radius 2 is 1.96 bits per heavy atom. The highest BCUT2D eigenvalue weighted by Gasteiger charge is 2.62. The van der Waals surface area contributed by atoms with Gasteiger partial charge in [0, 0.05) is 6.04 Å². The average molecular weight is 337 g/mol. The first kappa shape index (κ1) is 16.3. The predicted octanol–water partition coefficient (Wildman–Crippen LogP) is 1.25. The molecule has 0 aromatic heterocycles. The first-order chi connectivity index (χ1) is 11.4. The van der Waals surface area contributed by atoms with E-state index in [2.05, 4.69) is 4.90 Å². The van der Waals surface area contributed by atoms with Crippen LogP contribution in [0.2, 0.25) is 0 Å². The van der Waals surface area contributed by atoms with Crippen molar-refractivity contribution >= 4 is 11.9 Å². The van der Waals surface area contributed by atoms with Crippen LogP contribution < -0.4 is 0 Å². The fourth-order valence-corrected chi connectivity index (χ4v) is 5.35. The molecule has 7 atom stereocenters. The number of nitrogens with zero attached hydrogens (tertiary/aromatic N) is 1. The summed E-state index contributed by atoms with van der Waals surface area (Å²) >= 11 is 0. The van der Waals surface area contributed by atoms with E-state index in [1.54, 1.807) is 6.92 Å². The zero-order chi connectivity index (χ0) is 17.1. The van der Waals surface area contributed by atoms with Crippen LogP contribution in [0.1, 0.15) is 52.4 Å². The van der Waals surface area contributed by atoms with Crippen molar-refractivity contribution in [2.75, 3.05) is 6.54 Å². The molecule has 0 amide bonds. The van der Waals surface area contributed by atoms with E-state index in [-0.39, 0.29) is 36.0 Å². The molecular formula is C18H27NO5. The fourth-order valence-electron chi connectivity index (χ4n) is 5.35. The van der Waals surface area contributed by atoms with Crippen LogP contribution in [0.3, 0.4) is 0 Å². The molecule has 0 radical (unpaired) electrons. The molecule has 6 nitrogen and oxygen atoms in total. The second kappa shape index (κ2) is 5.70. The molecule has 0 aromatic carbocycles. The maximum atomic E-state index is 12.1. The first-order valence-corrected chi connectivity index (χ1v) is 9.31. The van der Waals surface area contributed by atoms with Gasteiger partial charge in [-0.1, -0.05) is 6.92 Å². The number of hydrogen-bond donors (Lipinski definition) is 1. The van der Waals surface area contributed by atoms with Gasteiger partial charge in [0.05, 0.1) is 17.9 Å². The van der Waals surface area contributed by atoms with E-state index < -0.39 is 17.6 Å². The molecule has 1 N–H and O–H groups in total. The van der Waals surface area contributed by atoms with E-state index in [0.29, 0.717) is 0 Å². The molecular weight excluding hydrogens is 310 g/mol. The third-order valence-corrected chi connectivity index (χ3v) is 6.68. The Labute approximate surface area is 142 Å². The largest absolute Gasteiger partial charge is 0.460 e. The molecule has 4 heterocycles. The molecule has 4 aliphatic heterocycles. The number of ether oxygens (including phenoxy) is 2. The number of esters is 2. The van der Waals surface area contributed by atoms with Crippen molar-refractivity contribution in [2.24, 2.45) is 11.8 Å². The summed E-state index contributed by atoms with van der Waals surface area (Å²) in [6, 6.07) is 0.212. The molecule has 0 saturated carbocycles. The Kier molecular flexibility index (Phi) is 3.88. The van der Waals surface area contributed by atoms with Crippen LogP contribution in [0.5, 0.6) is 0 Å². The molecule has 24 heavy (non-hydrogen) atoms. The molecule has 4 aliphatic rings. The van der Waals surface area contributed by atoms with Crippen molar-refractivity contribution in [3.05, 3.63) is 0 Å². The number of rotatable bonds is 1. The molecule has 134 valence electrons. The number of aliphatic hydroxyl groups is 1. The number of hydrogen-bond acceptors (Lipinski definition) is 6. The van der Waals surface area contributed by atoms with Gasteiger partial charge in [0.2, 0.25) is 0 Å². The van der Waals surface area contributed by atoms with Crippen LogP contribution in [-0.4, -0.2) is 58.4 Å². The minimum atomic E-state index is -0.782. The maximum Gasteiger partial charge on any atom is 0.312 e. The lowest BCUT2D eigenvalue weighted by atomic mass is 9.80. The maximum absolute atomic E-state index is 12.1. The highest BCUT2D eigenvalue weighted by atomic mass is 16.6. The van der Waals surface area contributed by atoms with Gasteiger partial charge in [-0.3, -0.25) is 14.5 Å². The number of carbonyl (C=O) groups excluding carboxylic acids is 2. The first-order valence-electron chi connectivity index (χ1n) is 9.31. The summed E-state index contributed by atoms with van der Waals surface area (Å²) in [5, 5.41) is 10.8. The predicted molar refractivity (Wildman–Crippen MR) is 85.0 cm³/mol. The molecule has 3 unspecified atom stereocenters. The molecule has 4 saturated heterocycles. The Balaban J connectivity index is 1.61. The third-order valence-electron chi connectivity index (χ3n) is 6.68. The molecule has 4 fully saturated rings. The zero-order valence-electron chi connectivity index (χ0n) is 14.4. The third kappa shape index (κ3) is 2.22. The van der Waals surface area contributed by atoms with Crippen LogP contribution in [0, 0.1) is 11.8 Å². The fraction of sp³-hybridized carbons (Fsp3) is 0.889. The van der Waals surface area contributed by atoms with Crippen molar-refractivity contribution in [3.8, 4) is 0 Å². The normalized spacial score (nSPS) is 49.1. The monoisotopic (exact) mass is 337 g/mol. The lowest BCUT2D eigenvalue weighted by Crippen LogP contribution is -2.57. The Bertz CT molecular complexity index is 552. The quantitative estimate of drug-likeness (QED) is 0.726. The Morgan fingerprint density at radius 1 is 1.17 bits per heavy atom. The molecule has 0 bridgehead atoms. The van der Waals surface area contributed by atoms with Crippen LogP contribution in [-0.2, 0) is 19.1 Å². The second-order valence-electron chi connectivity index (χ2n) is 8.08. The van der Waals surface area contributed by atoms with Crippen molar-refractivity contribution in [1.82, 2.24) is 4.90 Å². The summed E-state index contributed by atoms with van der Waals surface area (Å²) in [6.07, 6.45) is 4.43. The molecule has 1 spiro atoms. The molecule has 4 rings (SSSR count). The Hall–Kier alpha value is -1.14. The Morgan fingerprint density at radius 3 is 2.58 bits per heavy atom. The van der Waals surface area contributed by atoms with Gasteiger partial charge in [-0.2, -0.15) is 0 Å². The van der Waals surface area contributed by atoms with E-state index in [4.69, 9.17) is 9.47 Å². The molecule has 0 aromatic rings. The minimum absolute atomic E-state index is 0.0310. The van der Waals surface area contributed by atoms with Gasteiger partial charge in [0.15, 0.2) is 5.60 Å². The lowest BCUT2D eigenvalue weighted by Gasteiger charge is -2.41. The van der Waals surface area contributed by atoms with E-state index >= 15 is 0 Å². The summed E-state index contributed by atoms with van der Waals surface area (Å²) in [6.45, 7) is 4.59. The summed E-state index contributed by atoms with van der Waals surface area (Å²) in [7, 11) is 0. The van der Waals surface area contributed by atoms with Gasteiger partial charge in [-0.05, 0) is 52.0 Å². The van der Waals surface area contributed by atoms with Crippen molar-refractivity contribution in [3.63, 3.8) is 0 Å².